The summed E-state index contributed by atoms with van der Waals surface area (Å²) in [4.78, 5) is 2.69. The van der Waals surface area contributed by atoms with Gasteiger partial charge in [-0.15, -0.1) is 0 Å². The van der Waals surface area contributed by atoms with E-state index in [0.29, 0.717) is 13.0 Å². The second kappa shape index (κ2) is 9.25. The minimum absolute atomic E-state index is 0.0810. The Morgan fingerprint density at radius 3 is 2.32 bits per heavy atom. The van der Waals surface area contributed by atoms with Gasteiger partial charge in [0.05, 0.1) is 4.90 Å². The van der Waals surface area contributed by atoms with Gasteiger partial charge >= 0.3 is 0 Å². The van der Waals surface area contributed by atoms with Gasteiger partial charge in [0.1, 0.15) is 11.8 Å². The van der Waals surface area contributed by atoms with Crippen LogP contribution in [0.3, 0.4) is 0 Å². The van der Waals surface area contributed by atoms with Crippen molar-refractivity contribution in [1.82, 2.24) is 9.21 Å². The Hall–Kier alpha value is -1.55. The molecule has 0 spiro atoms. The zero-order chi connectivity index (χ0) is 27.7. The molecule has 0 amide bonds. The molecule has 8 heteroatoms. The fourth-order valence-electron chi connectivity index (χ4n) is 7.01. The lowest BCUT2D eigenvalue weighted by Crippen LogP contribution is -2.68. The van der Waals surface area contributed by atoms with Crippen LogP contribution in [0.25, 0.3) is 0 Å². The molecule has 3 fully saturated rings. The maximum absolute atomic E-state index is 14.0. The Kier molecular flexibility index (Phi) is 6.81. The molecule has 2 aromatic rings. The minimum Gasteiger partial charge on any atom is -0.406 e. The summed E-state index contributed by atoms with van der Waals surface area (Å²) in [7, 11) is -6.32. The molecule has 2 aliphatic heterocycles. The van der Waals surface area contributed by atoms with Crippen LogP contribution in [0.1, 0.15) is 51.7 Å². The van der Waals surface area contributed by atoms with Gasteiger partial charge in [-0.2, -0.15) is 4.31 Å². The Bertz CT molecular complexity index is 1280. The molecule has 2 saturated heterocycles. The Morgan fingerprint density at radius 1 is 1.08 bits per heavy atom. The normalized spacial score (nSPS) is 32.5. The summed E-state index contributed by atoms with van der Waals surface area (Å²) in [5.74, 6) is 0.0988. The number of fused-ring (bicyclic) bond motifs is 5. The van der Waals surface area contributed by atoms with Gasteiger partial charge in [0, 0.05) is 19.1 Å². The molecule has 5 rings (SSSR count). The number of likely N-dealkylation sites (tertiary alicyclic amines) is 1. The highest BCUT2D eigenvalue weighted by Gasteiger charge is 2.73. The Morgan fingerprint density at radius 2 is 1.71 bits per heavy atom. The summed E-state index contributed by atoms with van der Waals surface area (Å²) < 4.78 is 36.7. The minimum atomic E-state index is -3.92. The number of aliphatic hydroxyl groups excluding tert-OH is 1. The van der Waals surface area contributed by atoms with Gasteiger partial charge in [-0.25, -0.2) is 8.42 Å². The van der Waals surface area contributed by atoms with Crippen LogP contribution in [0, 0.1) is 18.3 Å². The summed E-state index contributed by atoms with van der Waals surface area (Å²) in [6, 6.07) is 17.3. The molecular formula is C30H44N2O4SSi. The largest absolute Gasteiger partial charge is 0.406 e. The zero-order valence-electron chi connectivity index (χ0n) is 23.9. The van der Waals surface area contributed by atoms with E-state index in [1.807, 2.05) is 25.1 Å². The standard InChI is InChI=1S/C30H44N2O4SSi/c1-22-13-15-25(16-14-22)37(34,35)32-21-24-19-30(27(32)33,36-38(6,7)28(2,3)4)26-29(24,5)17-18-31(26)20-23-11-9-8-10-12-23/h8-16,24,26-27,33H,17-21H2,1-7H3/t24-,26+,27+,29+,30+/m0/s1. The molecule has 1 aliphatic carbocycles. The van der Waals surface area contributed by atoms with Crippen LogP contribution in [0.5, 0.6) is 0 Å². The van der Waals surface area contributed by atoms with E-state index in [2.05, 4.69) is 70.0 Å². The molecule has 2 bridgehead atoms. The molecule has 2 heterocycles. The van der Waals surface area contributed by atoms with Crippen LogP contribution in [0.15, 0.2) is 59.5 Å². The van der Waals surface area contributed by atoms with E-state index in [4.69, 9.17) is 4.43 Å². The van der Waals surface area contributed by atoms with Crippen molar-refractivity contribution >= 4 is 18.3 Å². The van der Waals surface area contributed by atoms with Crippen LogP contribution < -0.4 is 0 Å². The van der Waals surface area contributed by atoms with Crippen molar-refractivity contribution in [2.45, 2.75) is 94.9 Å². The smallest absolute Gasteiger partial charge is 0.245 e. The lowest BCUT2D eigenvalue weighted by Gasteiger charge is -2.53. The third kappa shape index (κ3) is 4.32. The number of sulfonamides is 1. The van der Waals surface area contributed by atoms with Crippen LogP contribution in [-0.4, -0.2) is 62.0 Å². The summed E-state index contributed by atoms with van der Waals surface area (Å²) in [6.45, 7) is 17.3. The highest BCUT2D eigenvalue weighted by Crippen LogP contribution is 2.63. The summed E-state index contributed by atoms with van der Waals surface area (Å²) in [5, 5.41) is 12.2. The van der Waals surface area contributed by atoms with Gasteiger partial charge in [-0.3, -0.25) is 4.90 Å². The first kappa shape index (κ1) is 28.0. The van der Waals surface area contributed by atoms with E-state index in [0.717, 1.165) is 25.1 Å². The SMILES string of the molecule is Cc1ccc(S(=O)(=O)N2C[C@@H]3C[C@@](O[Si](C)(C)C(C)(C)C)([C@@H]4N(Cc5ccccc5)CC[C@]34C)[C@H]2O)cc1. The Labute approximate surface area is 230 Å². The number of hydrogen-bond donors (Lipinski definition) is 1. The number of aliphatic hydroxyl groups is 1. The van der Waals surface area contributed by atoms with E-state index in [1.165, 1.54) is 9.87 Å². The van der Waals surface area contributed by atoms with Crippen molar-refractivity contribution in [2.75, 3.05) is 13.1 Å². The summed E-state index contributed by atoms with van der Waals surface area (Å²) in [5.41, 5.74) is 1.07. The van der Waals surface area contributed by atoms with Gasteiger partial charge in [0.25, 0.3) is 0 Å². The van der Waals surface area contributed by atoms with E-state index in [1.54, 1.807) is 12.1 Å². The van der Waals surface area contributed by atoms with Crippen LogP contribution >= 0.6 is 0 Å². The average Bonchev–Trinajstić information content (AvgIpc) is 3.27. The van der Waals surface area contributed by atoms with Crippen molar-refractivity contribution in [3.63, 3.8) is 0 Å². The van der Waals surface area contributed by atoms with Crippen molar-refractivity contribution in [3.8, 4) is 0 Å². The third-order valence-electron chi connectivity index (χ3n) is 10.1. The zero-order valence-corrected chi connectivity index (χ0v) is 25.8. The first-order chi connectivity index (χ1) is 17.6. The quantitative estimate of drug-likeness (QED) is 0.484. The first-order valence-corrected chi connectivity index (χ1v) is 18.2. The van der Waals surface area contributed by atoms with E-state index in [-0.39, 0.29) is 27.3 Å². The topological polar surface area (TPSA) is 70.1 Å². The summed E-state index contributed by atoms with van der Waals surface area (Å²) in [6.07, 6.45) is 0.373. The van der Waals surface area contributed by atoms with Crippen LogP contribution in [0.4, 0.5) is 0 Å². The van der Waals surface area contributed by atoms with Gasteiger partial charge < -0.3 is 9.53 Å². The number of aryl methyl sites for hydroxylation is 1. The molecule has 3 aliphatic rings. The number of benzene rings is 2. The second-order valence-electron chi connectivity index (χ2n) is 13.6. The van der Waals surface area contributed by atoms with Crippen LogP contribution in [-0.2, 0) is 21.0 Å². The molecule has 208 valence electrons. The number of hydrogen-bond acceptors (Lipinski definition) is 5. The number of piperidine rings is 1. The molecule has 0 unspecified atom stereocenters. The van der Waals surface area contributed by atoms with Gasteiger partial charge in [-0.1, -0.05) is 75.7 Å². The van der Waals surface area contributed by atoms with Gasteiger partial charge in [0.15, 0.2) is 8.32 Å². The molecule has 2 aromatic carbocycles. The first-order valence-electron chi connectivity index (χ1n) is 13.9. The molecule has 0 aromatic heterocycles. The van der Waals surface area contributed by atoms with Crippen molar-refractivity contribution < 1.29 is 18.0 Å². The highest BCUT2D eigenvalue weighted by molar-refractivity contribution is 7.89. The lowest BCUT2D eigenvalue weighted by atomic mass is 9.76. The lowest BCUT2D eigenvalue weighted by molar-refractivity contribution is -0.154. The highest BCUT2D eigenvalue weighted by atomic mass is 32.2. The molecule has 38 heavy (non-hydrogen) atoms. The second-order valence-corrected chi connectivity index (χ2v) is 20.2. The molecule has 1 saturated carbocycles. The fourth-order valence-corrected chi connectivity index (χ4v) is 10.1. The number of rotatable bonds is 6. The van der Waals surface area contributed by atoms with Gasteiger partial charge in [0.2, 0.25) is 10.0 Å². The summed E-state index contributed by atoms with van der Waals surface area (Å²) >= 11 is 0. The third-order valence-corrected chi connectivity index (χ3v) is 16.4. The van der Waals surface area contributed by atoms with Crippen molar-refractivity contribution in [2.24, 2.45) is 11.3 Å². The van der Waals surface area contributed by atoms with E-state index < -0.39 is 30.2 Å². The van der Waals surface area contributed by atoms with Gasteiger partial charge in [-0.05, 0) is 73.5 Å². The average molecular weight is 557 g/mol. The molecule has 0 radical (unpaired) electrons. The maximum Gasteiger partial charge on any atom is 0.245 e. The Balaban J connectivity index is 1.62. The van der Waals surface area contributed by atoms with Crippen molar-refractivity contribution in [3.05, 3.63) is 65.7 Å². The molecule has 1 N–H and O–H groups in total. The van der Waals surface area contributed by atoms with E-state index >= 15 is 0 Å². The molecule has 5 atom stereocenters. The van der Waals surface area contributed by atoms with Crippen LogP contribution in [0.2, 0.25) is 18.1 Å². The molecular weight excluding hydrogens is 512 g/mol. The predicted molar refractivity (Wildman–Crippen MR) is 154 cm³/mol. The monoisotopic (exact) mass is 556 g/mol. The number of nitrogens with zero attached hydrogens (tertiary/aromatic N) is 2. The van der Waals surface area contributed by atoms with Crippen molar-refractivity contribution in [1.29, 1.82) is 0 Å². The fraction of sp³-hybridized carbons (Fsp3) is 0.600. The molecule has 6 nitrogen and oxygen atoms in total. The van der Waals surface area contributed by atoms with E-state index in [9.17, 15) is 13.5 Å². The maximum atomic E-state index is 14.0. The predicted octanol–water partition coefficient (Wildman–Crippen LogP) is 5.38.